The minimum Gasteiger partial charge on any atom is -0.459 e. The third-order valence-corrected chi connectivity index (χ3v) is 0.592. The molecule has 3 heteroatoms. The second kappa shape index (κ2) is 5.13. The van der Waals surface area contributed by atoms with Gasteiger partial charge in [0.15, 0.2) is 0 Å². The van der Waals surface area contributed by atoms with Crippen LogP contribution in [0.5, 0.6) is 0 Å². The average molecular weight is 128 g/mol. The summed E-state index contributed by atoms with van der Waals surface area (Å²) < 4.78 is 8.78. The molecule has 0 heterocycles. The monoisotopic (exact) mass is 128 g/mol. The summed E-state index contributed by atoms with van der Waals surface area (Å²) in [5, 5.41) is 0. The molecule has 0 N–H and O–H groups in total. The van der Waals surface area contributed by atoms with Gasteiger partial charge in [0.25, 0.3) is 0 Å². The molecule has 0 aliphatic heterocycles. The van der Waals surface area contributed by atoms with Gasteiger partial charge < -0.3 is 9.47 Å². The third-order valence-electron chi connectivity index (χ3n) is 0.592. The molecule has 0 rings (SSSR count). The highest BCUT2D eigenvalue weighted by Gasteiger charge is 1.86. The molecule has 0 aliphatic rings. The fourth-order valence-electron chi connectivity index (χ4n) is 0.231. The van der Waals surface area contributed by atoms with Crippen LogP contribution in [0, 0.1) is 11.8 Å². The number of carbonyl (C=O) groups is 1. The van der Waals surface area contributed by atoms with E-state index in [4.69, 9.17) is 0 Å². The molecule has 0 saturated carbocycles. The van der Waals surface area contributed by atoms with Crippen LogP contribution in [0.4, 0.5) is 0 Å². The molecule has 0 fully saturated rings. The van der Waals surface area contributed by atoms with E-state index in [2.05, 4.69) is 21.3 Å². The van der Waals surface area contributed by atoms with Gasteiger partial charge in [-0.25, -0.2) is 4.79 Å². The Morgan fingerprint density at radius 1 is 1.56 bits per heavy atom. The molecule has 0 aliphatic carbocycles. The lowest BCUT2D eigenvalue weighted by molar-refractivity contribution is -0.133. The second-order valence-corrected chi connectivity index (χ2v) is 1.23. The fourth-order valence-corrected chi connectivity index (χ4v) is 0.231. The first-order valence-corrected chi connectivity index (χ1v) is 2.37. The highest BCUT2D eigenvalue weighted by atomic mass is 16.5. The number of hydrogen-bond acceptors (Lipinski definition) is 3. The molecule has 0 aromatic heterocycles. The number of esters is 1. The van der Waals surface area contributed by atoms with Gasteiger partial charge in [-0.15, -0.1) is 0 Å². The lowest BCUT2D eigenvalue weighted by Crippen LogP contribution is -1.95. The molecule has 0 aromatic rings. The first kappa shape index (κ1) is 7.99. The number of carbonyl (C=O) groups excluding carboxylic acids is 1. The van der Waals surface area contributed by atoms with Crippen molar-refractivity contribution < 1.29 is 14.3 Å². The third kappa shape index (κ3) is 4.85. The number of methoxy groups -OCH3 is 2. The van der Waals surface area contributed by atoms with Crippen molar-refractivity contribution in [1.29, 1.82) is 0 Å². The van der Waals surface area contributed by atoms with Gasteiger partial charge in [0.2, 0.25) is 0 Å². The lowest BCUT2D eigenvalue weighted by Gasteiger charge is -1.84. The largest absolute Gasteiger partial charge is 0.459 e. The SMILES string of the molecule is COCC#CC(=O)OC. The molecule has 0 amide bonds. The van der Waals surface area contributed by atoms with Crippen LogP contribution in [-0.4, -0.2) is 26.8 Å². The van der Waals surface area contributed by atoms with Gasteiger partial charge >= 0.3 is 5.97 Å². The fraction of sp³-hybridized carbons (Fsp3) is 0.500. The van der Waals surface area contributed by atoms with Gasteiger partial charge in [-0.05, 0) is 0 Å². The Hall–Kier alpha value is -1.01. The molecule has 3 nitrogen and oxygen atoms in total. The lowest BCUT2D eigenvalue weighted by atomic mass is 10.6. The van der Waals surface area contributed by atoms with E-state index in [1.165, 1.54) is 14.2 Å². The van der Waals surface area contributed by atoms with Crippen LogP contribution in [-0.2, 0) is 14.3 Å². The highest BCUT2D eigenvalue weighted by Crippen LogP contribution is 1.67. The Kier molecular flexibility index (Phi) is 4.56. The Bertz CT molecular complexity index is 140. The Balaban J connectivity index is 3.46. The average Bonchev–Trinajstić information content (AvgIpc) is 1.89. The maximum Gasteiger partial charge on any atom is 0.384 e. The topological polar surface area (TPSA) is 35.5 Å². The molecule has 0 spiro atoms. The van der Waals surface area contributed by atoms with Crippen LogP contribution in [0.2, 0.25) is 0 Å². The van der Waals surface area contributed by atoms with Gasteiger partial charge in [0.1, 0.15) is 6.61 Å². The summed E-state index contributed by atoms with van der Waals surface area (Å²) in [5.41, 5.74) is 0. The molecule has 0 saturated heterocycles. The van der Waals surface area contributed by atoms with Crippen molar-refractivity contribution >= 4 is 5.97 Å². The van der Waals surface area contributed by atoms with Crippen molar-refractivity contribution in [2.24, 2.45) is 0 Å². The molecule has 0 radical (unpaired) electrons. The van der Waals surface area contributed by atoms with E-state index in [1.54, 1.807) is 0 Å². The second-order valence-electron chi connectivity index (χ2n) is 1.23. The number of rotatable bonds is 1. The zero-order valence-corrected chi connectivity index (χ0v) is 5.43. The number of ether oxygens (including phenoxy) is 2. The van der Waals surface area contributed by atoms with Crippen molar-refractivity contribution in [3.05, 3.63) is 0 Å². The van der Waals surface area contributed by atoms with E-state index in [0.717, 1.165) is 0 Å². The zero-order chi connectivity index (χ0) is 7.11. The van der Waals surface area contributed by atoms with Crippen LogP contribution >= 0.6 is 0 Å². The molecule has 0 atom stereocenters. The summed E-state index contributed by atoms with van der Waals surface area (Å²) in [6.45, 7) is 0.259. The molecule has 50 valence electrons. The number of hydrogen-bond donors (Lipinski definition) is 0. The molecular weight excluding hydrogens is 120 g/mol. The summed E-state index contributed by atoms with van der Waals surface area (Å²) in [6, 6.07) is 0. The molecular formula is C6H8O3. The van der Waals surface area contributed by atoms with E-state index < -0.39 is 5.97 Å². The molecule has 0 unspecified atom stereocenters. The smallest absolute Gasteiger partial charge is 0.384 e. The van der Waals surface area contributed by atoms with Gasteiger partial charge in [0.05, 0.1) is 7.11 Å². The van der Waals surface area contributed by atoms with Crippen molar-refractivity contribution in [2.45, 2.75) is 0 Å². The Labute approximate surface area is 54.0 Å². The van der Waals surface area contributed by atoms with E-state index in [0.29, 0.717) is 0 Å². The molecule has 0 aromatic carbocycles. The quantitative estimate of drug-likeness (QED) is 0.279. The van der Waals surface area contributed by atoms with E-state index in [1.807, 2.05) is 0 Å². The standard InChI is InChI=1S/C6H8O3/c1-8-5-3-4-6(7)9-2/h5H2,1-2H3. The summed E-state index contributed by atoms with van der Waals surface area (Å²) >= 11 is 0. The van der Waals surface area contributed by atoms with Crippen molar-refractivity contribution in [3.8, 4) is 11.8 Å². The van der Waals surface area contributed by atoms with Gasteiger partial charge in [-0.3, -0.25) is 0 Å². The van der Waals surface area contributed by atoms with Gasteiger partial charge in [-0.2, -0.15) is 0 Å². The van der Waals surface area contributed by atoms with E-state index >= 15 is 0 Å². The molecule has 0 bridgehead atoms. The highest BCUT2D eigenvalue weighted by molar-refractivity contribution is 5.88. The Morgan fingerprint density at radius 2 is 2.22 bits per heavy atom. The van der Waals surface area contributed by atoms with Crippen LogP contribution in [0.15, 0.2) is 0 Å². The first-order valence-electron chi connectivity index (χ1n) is 2.37. The van der Waals surface area contributed by atoms with Crippen molar-refractivity contribution in [1.82, 2.24) is 0 Å². The molecule has 9 heavy (non-hydrogen) atoms. The van der Waals surface area contributed by atoms with Crippen LogP contribution in [0.1, 0.15) is 0 Å². The minimum atomic E-state index is -0.535. The van der Waals surface area contributed by atoms with E-state index in [9.17, 15) is 4.79 Å². The zero-order valence-electron chi connectivity index (χ0n) is 5.43. The maximum absolute atomic E-state index is 10.2. The van der Waals surface area contributed by atoms with Crippen LogP contribution in [0.3, 0.4) is 0 Å². The summed E-state index contributed by atoms with van der Waals surface area (Å²) in [4.78, 5) is 10.2. The predicted molar refractivity (Wildman–Crippen MR) is 31.7 cm³/mol. The van der Waals surface area contributed by atoms with Crippen molar-refractivity contribution in [2.75, 3.05) is 20.8 Å². The minimum absolute atomic E-state index is 0.259. The van der Waals surface area contributed by atoms with Crippen molar-refractivity contribution in [3.63, 3.8) is 0 Å². The van der Waals surface area contributed by atoms with Gasteiger partial charge in [0, 0.05) is 13.0 Å². The Morgan fingerprint density at radius 3 is 2.67 bits per heavy atom. The van der Waals surface area contributed by atoms with E-state index in [-0.39, 0.29) is 6.61 Å². The summed E-state index contributed by atoms with van der Waals surface area (Å²) in [7, 11) is 2.79. The van der Waals surface area contributed by atoms with Crippen LogP contribution in [0.25, 0.3) is 0 Å². The summed E-state index contributed by atoms with van der Waals surface area (Å²) in [6.07, 6.45) is 0. The predicted octanol–water partition coefficient (Wildman–Crippen LogP) is -0.191. The van der Waals surface area contributed by atoms with Gasteiger partial charge in [-0.1, -0.05) is 5.92 Å². The summed E-state index contributed by atoms with van der Waals surface area (Å²) in [5.74, 6) is 4.10. The first-order chi connectivity index (χ1) is 4.31. The normalized spacial score (nSPS) is 7.33. The maximum atomic E-state index is 10.2. The van der Waals surface area contributed by atoms with Crippen LogP contribution < -0.4 is 0 Å².